The molecule has 2 aliphatic rings. The third-order valence-electron chi connectivity index (χ3n) is 7.91. The van der Waals surface area contributed by atoms with Crippen molar-refractivity contribution in [2.24, 2.45) is 17.8 Å². The number of fused-ring (bicyclic) bond motifs is 1. The molecule has 2 heterocycles. The molecular formula is C32H43Cl2N3O4. The topological polar surface area (TPSA) is 62.3 Å². The van der Waals surface area contributed by atoms with E-state index in [9.17, 15) is 9.59 Å². The van der Waals surface area contributed by atoms with Crippen LogP contribution in [0.15, 0.2) is 36.4 Å². The van der Waals surface area contributed by atoms with Gasteiger partial charge in [-0.1, -0.05) is 63.0 Å². The van der Waals surface area contributed by atoms with Crippen LogP contribution in [0.3, 0.4) is 0 Å². The lowest BCUT2D eigenvalue weighted by atomic mass is 9.93. The van der Waals surface area contributed by atoms with Crippen LogP contribution in [-0.4, -0.2) is 62.8 Å². The lowest BCUT2D eigenvalue weighted by molar-refractivity contribution is -0.149. The van der Waals surface area contributed by atoms with Crippen LogP contribution in [0.2, 0.25) is 10.0 Å². The smallest absolute Gasteiger partial charge is 0.310 e. The number of hydrogen-bond acceptors (Lipinski definition) is 6. The van der Waals surface area contributed by atoms with Crippen LogP contribution in [0.1, 0.15) is 52.5 Å². The van der Waals surface area contributed by atoms with Gasteiger partial charge in [-0.15, -0.1) is 0 Å². The number of esters is 1. The Hall–Kier alpha value is -2.48. The fraction of sp³-hybridized carbons (Fsp3) is 0.562. The molecule has 2 aliphatic heterocycles. The van der Waals surface area contributed by atoms with Crippen LogP contribution in [0.4, 0.5) is 11.4 Å². The Morgan fingerprint density at radius 2 is 1.78 bits per heavy atom. The van der Waals surface area contributed by atoms with Gasteiger partial charge in [0.2, 0.25) is 5.91 Å². The van der Waals surface area contributed by atoms with Gasteiger partial charge in [0, 0.05) is 38.2 Å². The van der Waals surface area contributed by atoms with E-state index in [0.29, 0.717) is 29.0 Å². The maximum absolute atomic E-state index is 13.0. The first kappa shape index (κ1) is 31.5. The third kappa shape index (κ3) is 8.30. The average Bonchev–Trinajstić information content (AvgIpc) is 2.94. The standard InChI is InChI=1S/C32H43Cl2N3O4/c1-22(2)18-24(4)32(39)41-21-37-29-20-26(11-10-25(29)19-23(3)31(37)38)40-17-6-5-12-35-13-15-36(16-14-35)28-9-7-8-27(33)30(28)34/h7-11,20,22-24H,5-6,12-19,21H2,1-4H3. The van der Waals surface area contributed by atoms with Crippen molar-refractivity contribution in [3.8, 4) is 5.75 Å². The molecule has 41 heavy (non-hydrogen) atoms. The molecule has 1 saturated heterocycles. The number of amides is 1. The molecular weight excluding hydrogens is 561 g/mol. The van der Waals surface area contributed by atoms with E-state index in [0.717, 1.165) is 74.7 Å². The molecule has 224 valence electrons. The molecule has 0 saturated carbocycles. The highest BCUT2D eigenvalue weighted by Crippen LogP contribution is 2.35. The highest BCUT2D eigenvalue weighted by Gasteiger charge is 2.31. The van der Waals surface area contributed by atoms with Gasteiger partial charge in [0.25, 0.3) is 0 Å². The Labute approximate surface area is 254 Å². The Morgan fingerprint density at radius 3 is 2.51 bits per heavy atom. The summed E-state index contributed by atoms with van der Waals surface area (Å²) < 4.78 is 11.7. The van der Waals surface area contributed by atoms with Crippen LogP contribution in [-0.2, 0) is 20.7 Å². The van der Waals surface area contributed by atoms with Gasteiger partial charge >= 0.3 is 5.97 Å². The van der Waals surface area contributed by atoms with E-state index < -0.39 is 0 Å². The second kappa shape index (κ2) is 14.6. The summed E-state index contributed by atoms with van der Waals surface area (Å²) in [4.78, 5) is 31.9. The Kier molecular flexibility index (Phi) is 11.2. The number of rotatable bonds is 12. The fourth-order valence-electron chi connectivity index (χ4n) is 5.64. The first-order chi connectivity index (χ1) is 19.6. The first-order valence-electron chi connectivity index (χ1n) is 14.8. The van der Waals surface area contributed by atoms with Crippen molar-refractivity contribution in [2.75, 3.05) is 55.9 Å². The summed E-state index contributed by atoms with van der Waals surface area (Å²) in [6, 6.07) is 11.7. The molecule has 2 atom stereocenters. The van der Waals surface area contributed by atoms with Crippen LogP contribution in [0.25, 0.3) is 0 Å². The van der Waals surface area contributed by atoms with Crippen molar-refractivity contribution in [1.82, 2.24) is 4.90 Å². The van der Waals surface area contributed by atoms with Gasteiger partial charge in [0.05, 0.1) is 33.9 Å². The molecule has 7 nitrogen and oxygen atoms in total. The van der Waals surface area contributed by atoms with E-state index >= 15 is 0 Å². The van der Waals surface area contributed by atoms with Crippen molar-refractivity contribution < 1.29 is 19.1 Å². The van der Waals surface area contributed by atoms with E-state index in [2.05, 4.69) is 23.6 Å². The second-order valence-corrected chi connectivity index (χ2v) is 12.5. The Balaban J connectivity index is 1.23. The molecule has 1 fully saturated rings. The average molecular weight is 605 g/mol. The summed E-state index contributed by atoms with van der Waals surface area (Å²) in [5.74, 6) is 0.462. The van der Waals surface area contributed by atoms with Crippen molar-refractivity contribution >= 4 is 46.5 Å². The van der Waals surface area contributed by atoms with Crippen LogP contribution in [0, 0.1) is 17.8 Å². The summed E-state index contributed by atoms with van der Waals surface area (Å²) in [6.45, 7) is 13.3. The van der Waals surface area contributed by atoms with E-state index in [1.54, 1.807) is 4.90 Å². The van der Waals surface area contributed by atoms with Crippen LogP contribution >= 0.6 is 23.2 Å². The maximum Gasteiger partial charge on any atom is 0.310 e. The van der Waals surface area contributed by atoms with Gasteiger partial charge in [-0.2, -0.15) is 0 Å². The summed E-state index contributed by atoms with van der Waals surface area (Å²) >= 11 is 12.6. The molecule has 0 radical (unpaired) electrons. The molecule has 2 unspecified atom stereocenters. The quantitative estimate of drug-likeness (QED) is 0.199. The summed E-state index contributed by atoms with van der Waals surface area (Å²) in [7, 11) is 0. The van der Waals surface area contributed by atoms with E-state index in [4.69, 9.17) is 32.7 Å². The van der Waals surface area contributed by atoms with Crippen molar-refractivity contribution in [2.45, 2.75) is 53.4 Å². The normalized spacial score (nSPS) is 18.4. The number of piperazine rings is 1. The molecule has 0 spiro atoms. The van der Waals surface area contributed by atoms with E-state index in [1.807, 2.05) is 50.2 Å². The summed E-state index contributed by atoms with van der Waals surface area (Å²) in [5.41, 5.74) is 2.84. The highest BCUT2D eigenvalue weighted by atomic mass is 35.5. The number of hydrogen-bond donors (Lipinski definition) is 0. The number of benzene rings is 2. The van der Waals surface area contributed by atoms with E-state index in [1.165, 1.54) is 0 Å². The van der Waals surface area contributed by atoms with Crippen molar-refractivity contribution in [3.05, 3.63) is 52.0 Å². The minimum atomic E-state index is -0.270. The molecule has 0 aromatic heterocycles. The molecule has 1 amide bonds. The fourth-order valence-corrected chi connectivity index (χ4v) is 6.06. The number of halogens is 2. The van der Waals surface area contributed by atoms with Crippen molar-refractivity contribution in [1.29, 1.82) is 0 Å². The number of anilines is 2. The Morgan fingerprint density at radius 1 is 1.02 bits per heavy atom. The largest absolute Gasteiger partial charge is 0.494 e. The zero-order valence-electron chi connectivity index (χ0n) is 24.7. The number of carbonyl (C=O) groups is 2. The number of carbonyl (C=O) groups excluding carboxylic acids is 2. The first-order valence-corrected chi connectivity index (χ1v) is 15.5. The van der Waals surface area contributed by atoms with Gasteiger partial charge < -0.3 is 14.4 Å². The number of unbranched alkanes of at least 4 members (excludes halogenated alkanes) is 1. The lowest BCUT2D eigenvalue weighted by Gasteiger charge is -2.36. The van der Waals surface area contributed by atoms with Crippen LogP contribution in [0.5, 0.6) is 5.75 Å². The summed E-state index contributed by atoms with van der Waals surface area (Å²) in [5, 5.41) is 1.22. The lowest BCUT2D eigenvalue weighted by Crippen LogP contribution is -2.46. The van der Waals surface area contributed by atoms with Gasteiger partial charge in [0.1, 0.15) is 5.75 Å². The number of nitrogens with zero attached hydrogens (tertiary/aromatic N) is 3. The van der Waals surface area contributed by atoms with Gasteiger partial charge in [-0.3, -0.25) is 19.4 Å². The van der Waals surface area contributed by atoms with E-state index in [-0.39, 0.29) is 30.4 Å². The molecule has 2 aromatic carbocycles. The maximum atomic E-state index is 13.0. The highest BCUT2D eigenvalue weighted by molar-refractivity contribution is 6.43. The van der Waals surface area contributed by atoms with Gasteiger partial charge in [-0.25, -0.2) is 0 Å². The minimum Gasteiger partial charge on any atom is -0.494 e. The molecule has 9 heteroatoms. The minimum absolute atomic E-state index is 0.0308. The number of ether oxygens (including phenoxy) is 2. The van der Waals surface area contributed by atoms with Crippen molar-refractivity contribution in [3.63, 3.8) is 0 Å². The molecule has 4 rings (SSSR count). The molecule has 0 bridgehead atoms. The zero-order chi connectivity index (χ0) is 29.5. The molecule has 0 aliphatic carbocycles. The van der Waals surface area contributed by atoms with Crippen LogP contribution < -0.4 is 14.5 Å². The second-order valence-electron chi connectivity index (χ2n) is 11.7. The molecule has 2 aromatic rings. The molecule has 0 N–H and O–H groups in total. The van der Waals surface area contributed by atoms with Gasteiger partial charge in [0.15, 0.2) is 6.73 Å². The SMILES string of the molecule is CC(C)CC(C)C(=O)OCN1C(=O)C(C)Cc2ccc(OCCCCN3CCN(c4cccc(Cl)c4Cl)CC3)cc21. The predicted octanol–water partition coefficient (Wildman–Crippen LogP) is 6.68. The third-order valence-corrected chi connectivity index (χ3v) is 8.72. The monoisotopic (exact) mass is 603 g/mol. The predicted molar refractivity (Wildman–Crippen MR) is 166 cm³/mol. The Bertz CT molecular complexity index is 1200. The zero-order valence-corrected chi connectivity index (χ0v) is 26.2. The van der Waals surface area contributed by atoms with Gasteiger partial charge in [-0.05, 0) is 61.9 Å². The summed E-state index contributed by atoms with van der Waals surface area (Å²) in [6.07, 6.45) is 3.39.